The normalized spacial score (nSPS) is 11.2. The van der Waals surface area contributed by atoms with Crippen molar-refractivity contribution in [3.63, 3.8) is 0 Å². The van der Waals surface area contributed by atoms with Crippen molar-refractivity contribution in [3.05, 3.63) is 102 Å². The van der Waals surface area contributed by atoms with Gasteiger partial charge in [-0.15, -0.1) is 0 Å². The standard InChI is InChI=1S/C23H24NO4P/c1-24(2)22-15-13-21(14-16-22)23(25)29(26,27-17-19-9-5-3-6-10-19)28-18-20-11-7-4-8-12-20/h3-16H,17-18H2,1-2H3. The summed E-state index contributed by atoms with van der Waals surface area (Å²) in [6.07, 6.45) is 0. The van der Waals surface area contributed by atoms with Crippen molar-refractivity contribution in [2.75, 3.05) is 19.0 Å². The first-order valence-corrected chi connectivity index (χ1v) is 10.8. The lowest BCUT2D eigenvalue weighted by Crippen LogP contribution is -2.10. The number of benzene rings is 3. The molecular formula is C23H24NO4P. The fourth-order valence-electron chi connectivity index (χ4n) is 2.68. The SMILES string of the molecule is CN(C)c1ccc(C(=O)P(=O)(OCc2ccccc2)OCc2ccccc2)cc1. The number of anilines is 1. The molecule has 0 unspecified atom stereocenters. The van der Waals surface area contributed by atoms with E-state index >= 15 is 0 Å². The molecule has 0 aliphatic heterocycles. The van der Waals surface area contributed by atoms with Gasteiger partial charge in [0.15, 0.2) is 0 Å². The van der Waals surface area contributed by atoms with E-state index in [1.54, 1.807) is 24.3 Å². The summed E-state index contributed by atoms with van der Waals surface area (Å²) < 4.78 is 24.7. The summed E-state index contributed by atoms with van der Waals surface area (Å²) in [4.78, 5) is 15.0. The summed E-state index contributed by atoms with van der Waals surface area (Å²) in [7, 11) is -0.234. The maximum atomic E-state index is 13.5. The van der Waals surface area contributed by atoms with Crippen molar-refractivity contribution in [1.29, 1.82) is 0 Å². The molecule has 5 nitrogen and oxygen atoms in total. The third kappa shape index (κ3) is 5.64. The molecule has 0 spiro atoms. The van der Waals surface area contributed by atoms with Crippen molar-refractivity contribution in [1.82, 2.24) is 0 Å². The molecular weight excluding hydrogens is 385 g/mol. The van der Waals surface area contributed by atoms with E-state index in [-0.39, 0.29) is 13.2 Å². The smallest absolute Gasteiger partial charge is 0.378 e. The van der Waals surface area contributed by atoms with Gasteiger partial charge in [-0.3, -0.25) is 18.4 Å². The average Bonchev–Trinajstić information content (AvgIpc) is 2.77. The molecule has 3 aromatic rings. The first-order chi connectivity index (χ1) is 14.0. The van der Waals surface area contributed by atoms with E-state index in [1.807, 2.05) is 79.7 Å². The molecule has 0 fully saturated rings. The van der Waals surface area contributed by atoms with Gasteiger partial charge in [0.05, 0.1) is 13.2 Å². The van der Waals surface area contributed by atoms with Gasteiger partial charge in [0.25, 0.3) is 5.52 Å². The Balaban J connectivity index is 1.81. The van der Waals surface area contributed by atoms with Gasteiger partial charge >= 0.3 is 7.60 Å². The molecule has 3 aromatic carbocycles. The number of rotatable bonds is 9. The van der Waals surface area contributed by atoms with E-state index in [0.717, 1.165) is 16.8 Å². The number of carbonyl (C=O) groups is 1. The Hall–Kier alpha value is -2.72. The van der Waals surface area contributed by atoms with Gasteiger partial charge in [0.2, 0.25) is 0 Å². The lowest BCUT2D eigenvalue weighted by molar-refractivity contribution is 0.0983. The van der Waals surface area contributed by atoms with Crippen LogP contribution in [0.3, 0.4) is 0 Å². The highest BCUT2D eigenvalue weighted by atomic mass is 31.2. The second-order valence-corrected chi connectivity index (χ2v) is 8.68. The maximum Gasteiger partial charge on any atom is 0.402 e. The van der Waals surface area contributed by atoms with Crippen LogP contribution in [0.15, 0.2) is 84.9 Å². The van der Waals surface area contributed by atoms with Crippen molar-refractivity contribution < 1.29 is 18.4 Å². The van der Waals surface area contributed by atoms with E-state index in [4.69, 9.17) is 9.05 Å². The molecule has 0 aliphatic carbocycles. The van der Waals surface area contributed by atoms with Crippen molar-refractivity contribution in [3.8, 4) is 0 Å². The molecule has 0 saturated carbocycles. The molecule has 150 valence electrons. The van der Waals surface area contributed by atoms with Crippen molar-refractivity contribution in [2.24, 2.45) is 0 Å². The van der Waals surface area contributed by atoms with Crippen LogP contribution in [0.4, 0.5) is 5.69 Å². The Bertz CT molecular complexity index is 925. The third-order valence-electron chi connectivity index (χ3n) is 4.37. The van der Waals surface area contributed by atoms with Crippen LogP contribution in [0, 0.1) is 0 Å². The molecule has 3 rings (SSSR count). The largest absolute Gasteiger partial charge is 0.402 e. The van der Waals surface area contributed by atoms with Gasteiger partial charge in [-0.2, -0.15) is 0 Å². The fraction of sp³-hybridized carbons (Fsp3) is 0.174. The number of carbonyl (C=O) groups excluding carboxylic acids is 1. The predicted molar refractivity (Wildman–Crippen MR) is 115 cm³/mol. The topological polar surface area (TPSA) is 55.8 Å². The summed E-state index contributed by atoms with van der Waals surface area (Å²) in [5.41, 5.74) is 2.21. The first-order valence-electron chi connectivity index (χ1n) is 9.27. The molecule has 0 saturated heterocycles. The zero-order chi connectivity index (χ0) is 20.7. The lowest BCUT2D eigenvalue weighted by Gasteiger charge is -2.18. The fourth-order valence-corrected chi connectivity index (χ4v) is 4.09. The van der Waals surface area contributed by atoms with Crippen LogP contribution in [0.25, 0.3) is 0 Å². The van der Waals surface area contributed by atoms with E-state index in [0.29, 0.717) is 5.56 Å². The Labute approximate surface area is 171 Å². The van der Waals surface area contributed by atoms with Crippen LogP contribution in [-0.2, 0) is 26.8 Å². The highest BCUT2D eigenvalue weighted by Gasteiger charge is 2.36. The minimum atomic E-state index is -4.05. The van der Waals surface area contributed by atoms with Crippen LogP contribution in [0.5, 0.6) is 0 Å². The maximum absolute atomic E-state index is 13.5. The van der Waals surface area contributed by atoms with E-state index in [9.17, 15) is 9.36 Å². The molecule has 0 bridgehead atoms. The predicted octanol–water partition coefficient (Wildman–Crippen LogP) is 5.52. The Morgan fingerprint density at radius 1 is 0.759 bits per heavy atom. The zero-order valence-electron chi connectivity index (χ0n) is 16.5. The molecule has 0 amide bonds. The van der Waals surface area contributed by atoms with Crippen molar-refractivity contribution in [2.45, 2.75) is 13.2 Å². The minimum absolute atomic E-state index is 0.0223. The van der Waals surface area contributed by atoms with Gasteiger partial charge in [-0.05, 0) is 35.4 Å². The molecule has 0 N–H and O–H groups in total. The zero-order valence-corrected chi connectivity index (χ0v) is 17.4. The molecule has 0 atom stereocenters. The van der Waals surface area contributed by atoms with Gasteiger partial charge in [-0.1, -0.05) is 60.7 Å². The van der Waals surface area contributed by atoms with Crippen LogP contribution in [0.2, 0.25) is 0 Å². The number of nitrogens with zero attached hydrogens (tertiary/aromatic N) is 1. The van der Waals surface area contributed by atoms with Gasteiger partial charge in [0.1, 0.15) is 0 Å². The molecule has 29 heavy (non-hydrogen) atoms. The lowest BCUT2D eigenvalue weighted by atomic mass is 10.2. The molecule has 0 radical (unpaired) electrons. The molecule has 6 heteroatoms. The van der Waals surface area contributed by atoms with Gasteiger partial charge in [-0.25, -0.2) is 0 Å². The second-order valence-electron chi connectivity index (χ2n) is 6.76. The van der Waals surface area contributed by atoms with Crippen molar-refractivity contribution >= 4 is 18.8 Å². The molecule has 0 aliphatic rings. The summed E-state index contributed by atoms with van der Waals surface area (Å²) >= 11 is 0. The average molecular weight is 409 g/mol. The summed E-state index contributed by atoms with van der Waals surface area (Å²) in [6.45, 7) is 0.0445. The van der Waals surface area contributed by atoms with E-state index in [2.05, 4.69) is 0 Å². The second kappa shape index (κ2) is 9.66. The quantitative estimate of drug-likeness (QED) is 0.436. The van der Waals surface area contributed by atoms with E-state index < -0.39 is 13.1 Å². The Morgan fingerprint density at radius 2 is 1.21 bits per heavy atom. The summed E-state index contributed by atoms with van der Waals surface area (Å²) in [5.74, 6) is 0. The van der Waals surface area contributed by atoms with Crippen LogP contribution in [-0.4, -0.2) is 19.6 Å². The summed E-state index contributed by atoms with van der Waals surface area (Å²) in [6, 6.07) is 25.4. The molecule has 0 aromatic heterocycles. The highest BCUT2D eigenvalue weighted by Crippen LogP contribution is 2.52. The number of hydrogen-bond donors (Lipinski definition) is 0. The molecule has 0 heterocycles. The van der Waals surface area contributed by atoms with Crippen LogP contribution in [0.1, 0.15) is 21.5 Å². The van der Waals surface area contributed by atoms with Gasteiger partial charge < -0.3 is 4.90 Å². The Morgan fingerprint density at radius 3 is 1.62 bits per heavy atom. The highest BCUT2D eigenvalue weighted by molar-refractivity contribution is 7.72. The van der Waals surface area contributed by atoms with Crippen LogP contribution < -0.4 is 4.90 Å². The Kier molecular flexibility index (Phi) is 6.99. The number of hydrogen-bond acceptors (Lipinski definition) is 5. The monoisotopic (exact) mass is 409 g/mol. The summed E-state index contributed by atoms with van der Waals surface area (Å²) in [5, 5.41) is 0. The first kappa shape index (κ1) is 21.0. The van der Waals surface area contributed by atoms with Crippen LogP contribution >= 0.6 is 7.60 Å². The minimum Gasteiger partial charge on any atom is -0.378 e. The van der Waals surface area contributed by atoms with Gasteiger partial charge in [0, 0.05) is 25.3 Å². The van der Waals surface area contributed by atoms with E-state index in [1.165, 1.54) is 0 Å². The third-order valence-corrected chi connectivity index (χ3v) is 6.06.